The largest absolute Gasteiger partial charge is 0.465 e. The minimum absolute atomic E-state index is 0.328. The van der Waals surface area contributed by atoms with Gasteiger partial charge in [-0.2, -0.15) is 5.10 Å². The molecule has 0 aliphatic rings. The molecule has 0 amide bonds. The molecule has 0 N–H and O–H groups in total. The van der Waals surface area contributed by atoms with Crippen LogP contribution >= 0.6 is 0 Å². The molecule has 4 heteroatoms. The molecule has 0 bridgehead atoms. The number of carbonyl (C=O) groups excluding carboxylic acids is 1. The third-order valence-electron chi connectivity index (χ3n) is 3.23. The number of esters is 1. The Kier molecular flexibility index (Phi) is 5.16. The van der Waals surface area contributed by atoms with Gasteiger partial charge in [0.1, 0.15) is 0 Å². The zero-order valence-electron chi connectivity index (χ0n) is 12.1. The molecule has 1 aromatic carbocycles. The van der Waals surface area contributed by atoms with Gasteiger partial charge in [-0.05, 0) is 30.5 Å². The molecular weight excluding hydrogens is 264 g/mol. The van der Waals surface area contributed by atoms with Crippen LogP contribution in [-0.2, 0) is 11.3 Å². The molecule has 0 saturated heterocycles. The van der Waals surface area contributed by atoms with E-state index in [4.69, 9.17) is 6.42 Å². The lowest BCUT2D eigenvalue weighted by atomic mass is 10.1. The second-order valence-corrected chi connectivity index (χ2v) is 4.72. The molecule has 4 nitrogen and oxygen atoms in total. The summed E-state index contributed by atoms with van der Waals surface area (Å²) in [5, 5.41) is 4.34. The van der Waals surface area contributed by atoms with Gasteiger partial charge in [0.25, 0.3) is 0 Å². The number of terminal acetylenes is 1. The molecule has 0 unspecified atom stereocenters. The van der Waals surface area contributed by atoms with E-state index in [1.165, 1.54) is 7.11 Å². The van der Waals surface area contributed by atoms with Crippen molar-refractivity contribution in [3.05, 3.63) is 42.2 Å². The summed E-state index contributed by atoms with van der Waals surface area (Å²) in [7, 11) is 1.38. The highest BCUT2D eigenvalue weighted by atomic mass is 16.5. The maximum absolute atomic E-state index is 11.4. The van der Waals surface area contributed by atoms with Crippen LogP contribution in [0.2, 0.25) is 0 Å². The monoisotopic (exact) mass is 282 g/mol. The normalized spacial score (nSPS) is 10.1. The quantitative estimate of drug-likeness (QED) is 0.464. The molecule has 2 rings (SSSR count). The summed E-state index contributed by atoms with van der Waals surface area (Å²) in [5.41, 5.74) is 2.60. The van der Waals surface area contributed by atoms with Crippen LogP contribution in [0, 0.1) is 12.3 Å². The van der Waals surface area contributed by atoms with Gasteiger partial charge in [0.15, 0.2) is 0 Å². The van der Waals surface area contributed by atoms with E-state index in [0.717, 1.165) is 36.9 Å². The Morgan fingerprint density at radius 3 is 2.71 bits per heavy atom. The number of hydrogen-bond acceptors (Lipinski definition) is 3. The van der Waals surface area contributed by atoms with E-state index in [1.807, 2.05) is 29.2 Å². The predicted octanol–water partition coefficient (Wildman–Crippen LogP) is 3.14. The van der Waals surface area contributed by atoms with Crippen LogP contribution in [0.4, 0.5) is 0 Å². The maximum Gasteiger partial charge on any atom is 0.337 e. The number of unbranched alkanes of at least 4 members (excludes halogenated alkanes) is 2. The fourth-order valence-corrected chi connectivity index (χ4v) is 2.05. The molecular formula is C17H18N2O2. The van der Waals surface area contributed by atoms with Crippen LogP contribution in [0.25, 0.3) is 11.1 Å². The van der Waals surface area contributed by atoms with Gasteiger partial charge < -0.3 is 4.74 Å². The highest BCUT2D eigenvalue weighted by molar-refractivity contribution is 5.89. The molecule has 21 heavy (non-hydrogen) atoms. The SMILES string of the molecule is C#CCCCCn1cc(-c2ccc(C(=O)OC)cc2)cn1. The van der Waals surface area contributed by atoms with Gasteiger partial charge in [0.2, 0.25) is 0 Å². The van der Waals surface area contributed by atoms with Gasteiger partial charge in [-0.1, -0.05) is 12.1 Å². The van der Waals surface area contributed by atoms with Crippen molar-refractivity contribution in [1.29, 1.82) is 0 Å². The van der Waals surface area contributed by atoms with Crippen molar-refractivity contribution in [3.8, 4) is 23.5 Å². The standard InChI is InChI=1S/C17H18N2O2/c1-3-4-5-6-11-19-13-16(12-18-19)14-7-9-15(10-8-14)17(20)21-2/h1,7-10,12-13H,4-6,11H2,2H3. The van der Waals surface area contributed by atoms with Crippen LogP contribution in [0.5, 0.6) is 0 Å². The predicted molar refractivity (Wildman–Crippen MR) is 81.7 cm³/mol. The van der Waals surface area contributed by atoms with E-state index < -0.39 is 0 Å². The third-order valence-corrected chi connectivity index (χ3v) is 3.23. The first-order chi connectivity index (χ1) is 10.2. The minimum Gasteiger partial charge on any atom is -0.465 e. The molecule has 2 aromatic rings. The Labute approximate surface area is 124 Å². The Morgan fingerprint density at radius 2 is 2.05 bits per heavy atom. The van der Waals surface area contributed by atoms with Gasteiger partial charge in [-0.25, -0.2) is 4.79 Å². The number of nitrogens with zero attached hydrogens (tertiary/aromatic N) is 2. The number of aryl methyl sites for hydroxylation is 1. The second-order valence-electron chi connectivity index (χ2n) is 4.72. The highest BCUT2D eigenvalue weighted by Crippen LogP contribution is 2.19. The van der Waals surface area contributed by atoms with Crippen LogP contribution in [-0.4, -0.2) is 22.9 Å². The first-order valence-electron chi connectivity index (χ1n) is 6.89. The number of hydrogen-bond donors (Lipinski definition) is 0. The number of benzene rings is 1. The molecule has 0 spiro atoms. The molecule has 0 saturated carbocycles. The number of ether oxygens (including phenoxy) is 1. The van der Waals surface area contributed by atoms with E-state index in [1.54, 1.807) is 12.1 Å². The third kappa shape index (κ3) is 3.96. The zero-order valence-corrected chi connectivity index (χ0v) is 12.1. The maximum atomic E-state index is 11.4. The molecule has 0 aliphatic heterocycles. The molecule has 108 valence electrons. The molecule has 0 radical (unpaired) electrons. The summed E-state index contributed by atoms with van der Waals surface area (Å²) in [6.07, 6.45) is 11.9. The van der Waals surface area contributed by atoms with Crippen LogP contribution in [0.3, 0.4) is 0 Å². The topological polar surface area (TPSA) is 44.1 Å². The Morgan fingerprint density at radius 1 is 1.29 bits per heavy atom. The molecule has 0 fully saturated rings. The van der Waals surface area contributed by atoms with Gasteiger partial charge in [0, 0.05) is 24.7 Å². The van der Waals surface area contributed by atoms with Crippen LogP contribution < -0.4 is 0 Å². The van der Waals surface area contributed by atoms with E-state index in [2.05, 4.69) is 15.8 Å². The summed E-state index contributed by atoms with van der Waals surface area (Å²) in [6, 6.07) is 7.30. The van der Waals surface area contributed by atoms with E-state index in [0.29, 0.717) is 5.56 Å². The minimum atomic E-state index is -0.328. The fourth-order valence-electron chi connectivity index (χ4n) is 2.05. The van der Waals surface area contributed by atoms with Crippen molar-refractivity contribution < 1.29 is 9.53 Å². The van der Waals surface area contributed by atoms with E-state index in [-0.39, 0.29) is 5.97 Å². The fraction of sp³-hybridized carbons (Fsp3) is 0.294. The number of rotatable bonds is 6. The van der Waals surface area contributed by atoms with Crippen molar-refractivity contribution >= 4 is 5.97 Å². The van der Waals surface area contributed by atoms with Crippen molar-refractivity contribution in [1.82, 2.24) is 9.78 Å². The molecule has 0 aliphatic carbocycles. The van der Waals surface area contributed by atoms with E-state index in [9.17, 15) is 4.79 Å². The van der Waals surface area contributed by atoms with Gasteiger partial charge in [0.05, 0.1) is 18.9 Å². The van der Waals surface area contributed by atoms with Crippen LogP contribution in [0.1, 0.15) is 29.6 Å². The summed E-state index contributed by atoms with van der Waals surface area (Å²) in [5.74, 6) is 2.31. The van der Waals surface area contributed by atoms with Gasteiger partial charge in [-0.3, -0.25) is 4.68 Å². The number of aromatic nitrogens is 2. The summed E-state index contributed by atoms with van der Waals surface area (Å²) < 4.78 is 6.60. The average molecular weight is 282 g/mol. The van der Waals surface area contributed by atoms with Crippen LogP contribution in [0.15, 0.2) is 36.7 Å². The lowest BCUT2D eigenvalue weighted by molar-refractivity contribution is 0.0601. The van der Waals surface area contributed by atoms with Crippen molar-refractivity contribution in [3.63, 3.8) is 0 Å². The zero-order chi connectivity index (χ0) is 15.1. The van der Waals surface area contributed by atoms with Gasteiger partial charge in [-0.15, -0.1) is 12.3 Å². The Hall–Kier alpha value is -2.54. The summed E-state index contributed by atoms with van der Waals surface area (Å²) in [6.45, 7) is 0.863. The lowest BCUT2D eigenvalue weighted by Gasteiger charge is -2.01. The van der Waals surface area contributed by atoms with Gasteiger partial charge >= 0.3 is 5.97 Å². The number of methoxy groups -OCH3 is 1. The summed E-state index contributed by atoms with van der Waals surface area (Å²) >= 11 is 0. The smallest absolute Gasteiger partial charge is 0.337 e. The van der Waals surface area contributed by atoms with Crippen molar-refractivity contribution in [2.24, 2.45) is 0 Å². The highest BCUT2D eigenvalue weighted by Gasteiger charge is 2.06. The molecule has 1 aromatic heterocycles. The first-order valence-corrected chi connectivity index (χ1v) is 6.89. The Bertz CT molecular complexity index is 636. The number of carbonyl (C=O) groups is 1. The van der Waals surface area contributed by atoms with E-state index >= 15 is 0 Å². The average Bonchev–Trinajstić information content (AvgIpc) is 3.00. The Balaban J connectivity index is 2.00. The first kappa shape index (κ1) is 14.9. The lowest BCUT2D eigenvalue weighted by Crippen LogP contribution is -2.00. The van der Waals surface area contributed by atoms with Crippen molar-refractivity contribution in [2.45, 2.75) is 25.8 Å². The van der Waals surface area contributed by atoms with Crippen molar-refractivity contribution in [2.75, 3.05) is 7.11 Å². The second kappa shape index (κ2) is 7.30. The molecule has 1 heterocycles. The summed E-state index contributed by atoms with van der Waals surface area (Å²) in [4.78, 5) is 11.4. The molecule has 0 atom stereocenters.